The Bertz CT molecular complexity index is 716. The summed E-state index contributed by atoms with van der Waals surface area (Å²) in [5, 5.41) is 4.94. The number of benzene rings is 1. The lowest BCUT2D eigenvalue weighted by Crippen LogP contribution is -2.11. The molecule has 21 heavy (non-hydrogen) atoms. The van der Waals surface area contributed by atoms with Crippen molar-refractivity contribution in [1.29, 1.82) is 0 Å². The summed E-state index contributed by atoms with van der Waals surface area (Å²) in [6.07, 6.45) is 0. The molecule has 3 N–H and O–H groups in total. The fraction of sp³-hybridized carbons (Fsp3) is 0.133. The summed E-state index contributed by atoms with van der Waals surface area (Å²) < 4.78 is 5.11. The molecule has 1 amide bonds. The van der Waals surface area contributed by atoms with Gasteiger partial charge in [-0.3, -0.25) is 4.79 Å². The monoisotopic (exact) mass is 320 g/mol. The van der Waals surface area contributed by atoms with Crippen LogP contribution in [0.3, 0.4) is 0 Å². The van der Waals surface area contributed by atoms with Crippen LogP contribution in [0.25, 0.3) is 0 Å². The Kier molecular flexibility index (Phi) is 5.23. The van der Waals surface area contributed by atoms with Crippen LogP contribution in [0.1, 0.15) is 15.2 Å². The molecule has 0 unspecified atom stereocenters. The Morgan fingerprint density at radius 2 is 2.29 bits per heavy atom. The van der Waals surface area contributed by atoms with Gasteiger partial charge in [-0.25, -0.2) is 0 Å². The zero-order valence-corrected chi connectivity index (χ0v) is 12.8. The molecule has 108 valence electrons. The first-order valence-electron chi connectivity index (χ1n) is 6.06. The van der Waals surface area contributed by atoms with Crippen molar-refractivity contribution >= 4 is 34.5 Å². The second-order valence-electron chi connectivity index (χ2n) is 4.01. The zero-order chi connectivity index (χ0) is 15.2. The molecule has 2 aromatic rings. The molecule has 0 saturated heterocycles. The summed E-state index contributed by atoms with van der Waals surface area (Å²) in [6.45, 7) is 0.291. The molecule has 0 fully saturated rings. The van der Waals surface area contributed by atoms with Crippen LogP contribution in [0, 0.1) is 11.8 Å². The van der Waals surface area contributed by atoms with E-state index in [-0.39, 0.29) is 5.91 Å². The van der Waals surface area contributed by atoms with Crippen LogP contribution in [-0.2, 0) is 0 Å². The second kappa shape index (κ2) is 7.14. The smallest absolute Gasteiger partial charge is 0.256 e. The quantitative estimate of drug-likeness (QED) is 0.855. The predicted octanol–water partition coefficient (Wildman–Crippen LogP) is 2.97. The lowest BCUT2D eigenvalue weighted by atomic mass is 10.2. The molecule has 4 nitrogen and oxygen atoms in total. The minimum absolute atomic E-state index is 0.248. The molecule has 2 rings (SSSR count). The highest BCUT2D eigenvalue weighted by atomic mass is 35.5. The van der Waals surface area contributed by atoms with Crippen molar-refractivity contribution in [3.63, 3.8) is 0 Å². The number of hydrogen-bond acceptors (Lipinski definition) is 4. The molecule has 0 aliphatic carbocycles. The lowest BCUT2D eigenvalue weighted by molar-refractivity contribution is 0.102. The van der Waals surface area contributed by atoms with Gasteiger partial charge < -0.3 is 15.8 Å². The topological polar surface area (TPSA) is 64.3 Å². The molecule has 0 spiro atoms. The van der Waals surface area contributed by atoms with Gasteiger partial charge in [-0.15, -0.1) is 11.3 Å². The van der Waals surface area contributed by atoms with Crippen molar-refractivity contribution in [3.8, 4) is 17.6 Å². The van der Waals surface area contributed by atoms with E-state index in [1.54, 1.807) is 36.8 Å². The number of amides is 1. The van der Waals surface area contributed by atoms with Crippen LogP contribution in [-0.4, -0.2) is 19.6 Å². The molecule has 6 heteroatoms. The summed E-state index contributed by atoms with van der Waals surface area (Å²) in [4.78, 5) is 13.0. The van der Waals surface area contributed by atoms with E-state index < -0.39 is 0 Å². The van der Waals surface area contributed by atoms with E-state index in [4.69, 9.17) is 22.1 Å². The summed E-state index contributed by atoms with van der Waals surface area (Å²) in [5.41, 5.74) is 6.34. The van der Waals surface area contributed by atoms with Gasteiger partial charge in [0.05, 0.1) is 34.8 Å². The molecule has 0 aliphatic heterocycles. The second-order valence-corrected chi connectivity index (χ2v) is 5.32. The Morgan fingerprint density at radius 3 is 3.00 bits per heavy atom. The third-order valence-electron chi connectivity index (χ3n) is 2.60. The van der Waals surface area contributed by atoms with E-state index in [1.165, 1.54) is 11.3 Å². The number of anilines is 1. The molecule has 0 aliphatic rings. The van der Waals surface area contributed by atoms with Gasteiger partial charge in [0.15, 0.2) is 0 Å². The number of nitrogens with one attached hydrogen (secondary N) is 1. The maximum Gasteiger partial charge on any atom is 0.256 e. The first-order valence-corrected chi connectivity index (χ1v) is 7.32. The molecule has 1 aromatic heterocycles. The van der Waals surface area contributed by atoms with E-state index in [0.29, 0.717) is 28.6 Å². The fourth-order valence-electron chi connectivity index (χ4n) is 1.58. The Balaban J connectivity index is 2.16. The summed E-state index contributed by atoms with van der Waals surface area (Å²) >= 11 is 7.45. The zero-order valence-electron chi connectivity index (χ0n) is 11.3. The Morgan fingerprint density at radius 1 is 1.48 bits per heavy atom. The van der Waals surface area contributed by atoms with Crippen LogP contribution < -0.4 is 15.8 Å². The minimum atomic E-state index is -0.248. The van der Waals surface area contributed by atoms with E-state index in [9.17, 15) is 4.79 Å². The van der Waals surface area contributed by atoms with Gasteiger partial charge in [-0.1, -0.05) is 23.4 Å². The molecule has 0 radical (unpaired) electrons. The van der Waals surface area contributed by atoms with E-state index in [1.807, 2.05) is 0 Å². The fourth-order valence-corrected chi connectivity index (χ4v) is 2.50. The van der Waals surface area contributed by atoms with Gasteiger partial charge in [-0.05, 0) is 18.2 Å². The SMILES string of the molecule is COc1ccc(Cl)c(NC(=O)c2csc(C#CCN)c2)c1. The van der Waals surface area contributed by atoms with Gasteiger partial charge in [0.1, 0.15) is 5.75 Å². The van der Waals surface area contributed by atoms with Gasteiger partial charge in [0, 0.05) is 11.4 Å². The van der Waals surface area contributed by atoms with Crippen molar-refractivity contribution in [2.75, 3.05) is 19.0 Å². The third-order valence-corrected chi connectivity index (χ3v) is 3.77. The van der Waals surface area contributed by atoms with E-state index >= 15 is 0 Å². The van der Waals surface area contributed by atoms with Crippen LogP contribution in [0.15, 0.2) is 29.6 Å². The van der Waals surface area contributed by atoms with Crippen molar-refractivity contribution in [3.05, 3.63) is 45.1 Å². The molecule has 1 heterocycles. The molecule has 1 aromatic carbocycles. The van der Waals surface area contributed by atoms with Crippen molar-refractivity contribution in [2.24, 2.45) is 5.73 Å². The van der Waals surface area contributed by atoms with Crippen LogP contribution in [0.5, 0.6) is 5.75 Å². The highest BCUT2D eigenvalue weighted by Crippen LogP contribution is 2.27. The van der Waals surface area contributed by atoms with Crippen molar-refractivity contribution in [2.45, 2.75) is 0 Å². The number of nitrogens with two attached hydrogens (primary N) is 1. The Labute approximate surface area is 131 Å². The van der Waals surface area contributed by atoms with Gasteiger partial charge in [-0.2, -0.15) is 0 Å². The normalized spacial score (nSPS) is 9.67. The number of carbonyl (C=O) groups excluding carboxylic acids is 1. The number of rotatable bonds is 3. The van der Waals surface area contributed by atoms with Crippen LogP contribution in [0.2, 0.25) is 5.02 Å². The average Bonchev–Trinajstić information content (AvgIpc) is 2.96. The highest BCUT2D eigenvalue weighted by molar-refractivity contribution is 7.10. The predicted molar refractivity (Wildman–Crippen MR) is 86.2 cm³/mol. The number of ether oxygens (including phenoxy) is 1. The minimum Gasteiger partial charge on any atom is -0.497 e. The lowest BCUT2D eigenvalue weighted by Gasteiger charge is -2.08. The summed E-state index contributed by atoms with van der Waals surface area (Å²) in [5.74, 6) is 6.01. The Hall–Kier alpha value is -2.00. The van der Waals surface area contributed by atoms with Gasteiger partial charge in [0.2, 0.25) is 0 Å². The summed E-state index contributed by atoms with van der Waals surface area (Å²) in [6, 6.07) is 6.78. The number of halogens is 1. The van der Waals surface area contributed by atoms with Crippen molar-refractivity contribution in [1.82, 2.24) is 0 Å². The molecular formula is C15H13ClN2O2S. The molecule has 0 bridgehead atoms. The number of thiophene rings is 1. The maximum absolute atomic E-state index is 12.2. The van der Waals surface area contributed by atoms with E-state index in [2.05, 4.69) is 17.2 Å². The summed E-state index contributed by atoms with van der Waals surface area (Å²) in [7, 11) is 1.55. The number of methoxy groups -OCH3 is 1. The van der Waals surface area contributed by atoms with Crippen LogP contribution in [0.4, 0.5) is 5.69 Å². The van der Waals surface area contributed by atoms with E-state index in [0.717, 1.165) is 4.88 Å². The molecule has 0 atom stereocenters. The number of carbonyl (C=O) groups is 1. The maximum atomic E-state index is 12.2. The largest absolute Gasteiger partial charge is 0.497 e. The molecular weight excluding hydrogens is 308 g/mol. The standard InChI is InChI=1S/C15H13ClN2O2S/c1-20-11-4-5-13(16)14(8-11)18-15(19)10-7-12(21-9-10)3-2-6-17/h4-5,7-9H,6,17H2,1H3,(H,18,19). The highest BCUT2D eigenvalue weighted by Gasteiger charge is 2.11. The molecule has 0 saturated carbocycles. The average molecular weight is 321 g/mol. The number of hydrogen-bond donors (Lipinski definition) is 2. The first-order chi connectivity index (χ1) is 10.1. The van der Waals surface area contributed by atoms with Gasteiger partial charge in [0.25, 0.3) is 5.91 Å². The van der Waals surface area contributed by atoms with Crippen LogP contribution >= 0.6 is 22.9 Å². The van der Waals surface area contributed by atoms with Gasteiger partial charge >= 0.3 is 0 Å². The van der Waals surface area contributed by atoms with Crippen molar-refractivity contribution < 1.29 is 9.53 Å². The third kappa shape index (κ3) is 3.99. The first kappa shape index (κ1) is 15.4.